The van der Waals surface area contributed by atoms with Crippen molar-refractivity contribution in [1.29, 1.82) is 0 Å². The molecule has 0 saturated carbocycles. The highest BCUT2D eigenvalue weighted by Gasteiger charge is 2.41. The van der Waals surface area contributed by atoms with Crippen LogP contribution in [0.4, 0.5) is 5.95 Å². The number of ether oxygens (including phenoxy) is 1. The summed E-state index contributed by atoms with van der Waals surface area (Å²) in [5, 5.41) is 0. The number of fused-ring (bicyclic) bond motifs is 1. The lowest BCUT2D eigenvalue weighted by molar-refractivity contribution is 0.0298. The highest BCUT2D eigenvalue weighted by Crippen LogP contribution is 2.26. The number of anilines is 1. The summed E-state index contributed by atoms with van der Waals surface area (Å²) in [6.07, 6.45) is 5.53. The topological polar surface area (TPSA) is 54.6 Å². The Morgan fingerprint density at radius 2 is 2.10 bits per heavy atom. The van der Waals surface area contributed by atoms with E-state index in [0.29, 0.717) is 6.04 Å². The van der Waals surface area contributed by atoms with Crippen molar-refractivity contribution in [1.82, 2.24) is 14.9 Å². The van der Waals surface area contributed by atoms with Crippen molar-refractivity contribution in [3.05, 3.63) is 42.6 Å². The standard InChI is InChI=1S/C15H18N4O2/c1-3-12(20-7-1)9-18-10-13-14(11-18)21-8-6-19(13)15-16-4-2-5-17-15/h1-5,7,13-14H,6,8-11H2/t13-,14+/m1/s1. The normalized spacial score (nSPS) is 26.0. The number of morpholine rings is 1. The van der Waals surface area contributed by atoms with Gasteiger partial charge in [0.25, 0.3) is 0 Å². The van der Waals surface area contributed by atoms with E-state index >= 15 is 0 Å². The van der Waals surface area contributed by atoms with Crippen LogP contribution in [0, 0.1) is 0 Å². The largest absolute Gasteiger partial charge is 0.468 e. The van der Waals surface area contributed by atoms with E-state index in [1.807, 2.05) is 18.2 Å². The molecule has 0 radical (unpaired) electrons. The monoisotopic (exact) mass is 286 g/mol. The van der Waals surface area contributed by atoms with Gasteiger partial charge in [0.1, 0.15) is 5.76 Å². The van der Waals surface area contributed by atoms with Crippen LogP contribution in [-0.2, 0) is 11.3 Å². The maximum absolute atomic E-state index is 5.93. The minimum absolute atomic E-state index is 0.220. The predicted molar refractivity (Wildman–Crippen MR) is 76.9 cm³/mol. The van der Waals surface area contributed by atoms with Gasteiger partial charge in [-0.15, -0.1) is 0 Å². The molecule has 2 atom stereocenters. The minimum atomic E-state index is 0.220. The van der Waals surface area contributed by atoms with Gasteiger partial charge in [-0.1, -0.05) is 0 Å². The van der Waals surface area contributed by atoms with E-state index in [2.05, 4.69) is 19.8 Å². The van der Waals surface area contributed by atoms with Gasteiger partial charge in [0.05, 0.1) is 31.6 Å². The summed E-state index contributed by atoms with van der Waals surface area (Å²) in [6.45, 7) is 4.28. The van der Waals surface area contributed by atoms with E-state index < -0.39 is 0 Å². The smallest absolute Gasteiger partial charge is 0.225 e. The molecular formula is C15H18N4O2. The molecule has 6 heteroatoms. The molecule has 0 amide bonds. The quantitative estimate of drug-likeness (QED) is 0.844. The molecule has 2 fully saturated rings. The van der Waals surface area contributed by atoms with Crippen molar-refractivity contribution in [2.24, 2.45) is 0 Å². The van der Waals surface area contributed by atoms with Crippen molar-refractivity contribution >= 4 is 5.95 Å². The maximum Gasteiger partial charge on any atom is 0.225 e. The zero-order valence-corrected chi connectivity index (χ0v) is 11.8. The zero-order valence-electron chi connectivity index (χ0n) is 11.8. The first-order valence-corrected chi connectivity index (χ1v) is 7.30. The SMILES string of the molecule is c1cnc(N2CCO[C@H]3CN(Cc4ccco4)C[C@H]32)nc1. The van der Waals surface area contributed by atoms with Crippen molar-refractivity contribution in [3.8, 4) is 0 Å². The van der Waals surface area contributed by atoms with Crippen LogP contribution in [-0.4, -0.2) is 53.3 Å². The predicted octanol–water partition coefficient (Wildman–Crippen LogP) is 1.16. The lowest BCUT2D eigenvalue weighted by atomic mass is 10.1. The molecule has 6 nitrogen and oxygen atoms in total. The molecule has 0 spiro atoms. The van der Waals surface area contributed by atoms with Crippen molar-refractivity contribution in [3.63, 3.8) is 0 Å². The van der Waals surface area contributed by atoms with Crippen LogP contribution in [0.25, 0.3) is 0 Å². The third-order valence-corrected chi connectivity index (χ3v) is 4.15. The second-order valence-corrected chi connectivity index (χ2v) is 5.49. The summed E-state index contributed by atoms with van der Waals surface area (Å²) >= 11 is 0. The van der Waals surface area contributed by atoms with Gasteiger partial charge in [0.15, 0.2) is 0 Å². The molecule has 2 aliphatic heterocycles. The summed E-state index contributed by atoms with van der Waals surface area (Å²) in [5.41, 5.74) is 0. The van der Waals surface area contributed by atoms with Crippen molar-refractivity contribution in [2.75, 3.05) is 31.1 Å². The van der Waals surface area contributed by atoms with E-state index in [1.165, 1.54) is 0 Å². The first-order chi connectivity index (χ1) is 10.4. The molecule has 4 heterocycles. The lowest BCUT2D eigenvalue weighted by Crippen LogP contribution is -2.51. The summed E-state index contributed by atoms with van der Waals surface area (Å²) in [7, 11) is 0. The van der Waals surface area contributed by atoms with Crippen LogP contribution in [0.15, 0.2) is 41.3 Å². The Morgan fingerprint density at radius 1 is 1.19 bits per heavy atom. The number of likely N-dealkylation sites (tertiary alicyclic amines) is 1. The van der Waals surface area contributed by atoms with Crippen LogP contribution in [0.5, 0.6) is 0 Å². The Hall–Kier alpha value is -1.92. The average molecular weight is 286 g/mol. The van der Waals surface area contributed by atoms with E-state index in [4.69, 9.17) is 9.15 Å². The van der Waals surface area contributed by atoms with Crippen LogP contribution in [0.3, 0.4) is 0 Å². The maximum atomic E-state index is 5.93. The summed E-state index contributed by atoms with van der Waals surface area (Å²) in [6, 6.07) is 6.11. The fourth-order valence-electron chi connectivity index (χ4n) is 3.20. The molecule has 4 rings (SSSR count). The molecule has 2 saturated heterocycles. The van der Waals surface area contributed by atoms with Gasteiger partial charge in [0, 0.05) is 32.0 Å². The highest BCUT2D eigenvalue weighted by atomic mass is 16.5. The van der Waals surface area contributed by atoms with Crippen molar-refractivity contribution < 1.29 is 9.15 Å². The molecule has 110 valence electrons. The average Bonchev–Trinajstić information content (AvgIpc) is 3.17. The Morgan fingerprint density at radius 3 is 2.90 bits per heavy atom. The lowest BCUT2D eigenvalue weighted by Gasteiger charge is -2.36. The van der Waals surface area contributed by atoms with Crippen LogP contribution in [0.2, 0.25) is 0 Å². The molecule has 21 heavy (non-hydrogen) atoms. The third kappa shape index (κ3) is 2.52. The van der Waals surface area contributed by atoms with E-state index in [0.717, 1.165) is 44.5 Å². The molecule has 2 aromatic rings. The Labute approximate surface area is 123 Å². The Kier molecular flexibility index (Phi) is 3.33. The second-order valence-electron chi connectivity index (χ2n) is 5.49. The molecule has 0 aliphatic carbocycles. The molecule has 0 unspecified atom stereocenters. The third-order valence-electron chi connectivity index (χ3n) is 4.15. The van der Waals surface area contributed by atoms with Crippen LogP contribution in [0.1, 0.15) is 5.76 Å². The molecule has 2 aromatic heterocycles. The Balaban J connectivity index is 1.50. The van der Waals surface area contributed by atoms with Crippen LogP contribution < -0.4 is 4.90 Å². The van der Waals surface area contributed by atoms with Gasteiger partial charge in [0.2, 0.25) is 5.95 Å². The molecule has 0 aromatic carbocycles. The number of nitrogens with zero attached hydrogens (tertiary/aromatic N) is 4. The van der Waals surface area contributed by atoms with E-state index in [-0.39, 0.29) is 6.10 Å². The van der Waals surface area contributed by atoms with Crippen molar-refractivity contribution in [2.45, 2.75) is 18.7 Å². The fourth-order valence-corrected chi connectivity index (χ4v) is 3.20. The number of aromatic nitrogens is 2. The zero-order chi connectivity index (χ0) is 14.1. The van der Waals surface area contributed by atoms with Gasteiger partial charge in [-0.05, 0) is 18.2 Å². The summed E-state index contributed by atoms with van der Waals surface area (Å²) in [4.78, 5) is 13.4. The van der Waals surface area contributed by atoms with Gasteiger partial charge in [-0.2, -0.15) is 0 Å². The Bertz CT molecular complexity index is 575. The molecule has 0 N–H and O–H groups in total. The van der Waals surface area contributed by atoms with E-state index in [9.17, 15) is 0 Å². The van der Waals surface area contributed by atoms with E-state index in [1.54, 1.807) is 18.7 Å². The van der Waals surface area contributed by atoms with Gasteiger partial charge in [-0.25, -0.2) is 9.97 Å². The molecule has 0 bridgehead atoms. The first kappa shape index (κ1) is 12.8. The molecular weight excluding hydrogens is 268 g/mol. The highest BCUT2D eigenvalue weighted by molar-refractivity contribution is 5.33. The molecule has 2 aliphatic rings. The number of hydrogen-bond acceptors (Lipinski definition) is 6. The second kappa shape index (κ2) is 5.46. The minimum Gasteiger partial charge on any atom is -0.468 e. The van der Waals surface area contributed by atoms with Gasteiger partial charge in [-0.3, -0.25) is 4.90 Å². The number of hydrogen-bond donors (Lipinski definition) is 0. The number of furan rings is 1. The fraction of sp³-hybridized carbons (Fsp3) is 0.467. The first-order valence-electron chi connectivity index (χ1n) is 7.30. The summed E-state index contributed by atoms with van der Waals surface area (Å²) in [5.74, 6) is 1.80. The summed E-state index contributed by atoms with van der Waals surface area (Å²) < 4.78 is 11.4. The number of rotatable bonds is 3. The van der Waals surface area contributed by atoms with Gasteiger partial charge >= 0.3 is 0 Å². The van der Waals surface area contributed by atoms with Gasteiger partial charge < -0.3 is 14.1 Å². The van der Waals surface area contributed by atoms with Crippen LogP contribution >= 0.6 is 0 Å².